The van der Waals surface area contributed by atoms with Gasteiger partial charge in [0.15, 0.2) is 5.75 Å². The van der Waals surface area contributed by atoms with Gasteiger partial charge in [0.2, 0.25) is 17.7 Å². The van der Waals surface area contributed by atoms with E-state index in [1.54, 1.807) is 62.1 Å². The number of nitrogens with zero attached hydrogens (tertiary/aromatic N) is 2. The zero-order valence-corrected chi connectivity index (χ0v) is 31.3. The van der Waals surface area contributed by atoms with Crippen LogP contribution in [0.1, 0.15) is 96.1 Å². The molecule has 0 spiro atoms. The Hall–Kier alpha value is -4.39. The van der Waals surface area contributed by atoms with Gasteiger partial charge < -0.3 is 30.0 Å². The zero-order valence-electron chi connectivity index (χ0n) is 30.6. The van der Waals surface area contributed by atoms with Gasteiger partial charge in [-0.3, -0.25) is 19.2 Å². The summed E-state index contributed by atoms with van der Waals surface area (Å²) in [5.41, 5.74) is 1.73. The molecule has 3 N–H and O–H groups in total. The molecular weight excluding hydrogens is 705 g/mol. The number of hydrogen-bond donors (Lipinski definition) is 3. The van der Waals surface area contributed by atoms with Gasteiger partial charge in [-0.05, 0) is 94.2 Å². The van der Waals surface area contributed by atoms with Crippen LogP contribution in [-0.2, 0) is 37.0 Å². The number of hydrogen-bond acceptors (Lipinski definition) is 7. The minimum atomic E-state index is -1.24. The highest BCUT2D eigenvalue weighted by Crippen LogP contribution is 2.48. The molecule has 2 aromatic carbocycles. The summed E-state index contributed by atoms with van der Waals surface area (Å²) in [5, 5.41) is 6.28. The van der Waals surface area contributed by atoms with Crippen LogP contribution >= 0.6 is 11.6 Å². The van der Waals surface area contributed by atoms with Crippen LogP contribution < -0.4 is 21.0 Å². The topological polar surface area (TPSA) is 146 Å². The molecule has 2 aromatic rings. The van der Waals surface area contributed by atoms with E-state index < -0.39 is 53.0 Å². The Morgan fingerprint density at radius 3 is 2.43 bits per heavy atom. The van der Waals surface area contributed by atoms with Crippen LogP contribution in [0.5, 0.6) is 5.75 Å². The van der Waals surface area contributed by atoms with Crippen LogP contribution in [0, 0.1) is 17.7 Å². The van der Waals surface area contributed by atoms with E-state index in [9.17, 15) is 28.4 Å². The van der Waals surface area contributed by atoms with E-state index >= 15 is 0 Å². The third kappa shape index (κ3) is 9.23. The van der Waals surface area contributed by atoms with E-state index in [1.807, 2.05) is 0 Å². The second-order valence-corrected chi connectivity index (χ2v) is 16.3. The zero-order chi connectivity index (χ0) is 37.9. The second kappa shape index (κ2) is 15.9. The smallest absolute Gasteiger partial charge is 0.408 e. The van der Waals surface area contributed by atoms with Gasteiger partial charge in [-0.15, -0.1) is 0 Å². The third-order valence-corrected chi connectivity index (χ3v) is 10.9. The first-order valence-electron chi connectivity index (χ1n) is 18.6. The van der Waals surface area contributed by atoms with Crippen molar-refractivity contribution in [2.75, 3.05) is 6.54 Å². The summed E-state index contributed by atoms with van der Waals surface area (Å²) in [4.78, 5) is 77.7. The monoisotopic (exact) mass is 753 g/mol. The molecule has 53 heavy (non-hydrogen) atoms. The minimum Gasteiger partial charge on any atom is -0.444 e. The summed E-state index contributed by atoms with van der Waals surface area (Å²) >= 11 is 5.99. The van der Waals surface area contributed by atoms with E-state index in [1.165, 1.54) is 11.0 Å². The van der Waals surface area contributed by atoms with E-state index in [4.69, 9.17) is 21.2 Å². The van der Waals surface area contributed by atoms with Crippen LogP contribution in [0.15, 0.2) is 42.5 Å². The lowest BCUT2D eigenvalue weighted by molar-refractivity contribution is -0.142. The van der Waals surface area contributed by atoms with Crippen molar-refractivity contribution in [1.82, 2.24) is 25.9 Å². The van der Waals surface area contributed by atoms with Gasteiger partial charge in [-0.2, -0.15) is 5.48 Å². The minimum absolute atomic E-state index is 0.0382. The first-order valence-corrected chi connectivity index (χ1v) is 19.0. The summed E-state index contributed by atoms with van der Waals surface area (Å²) in [6.07, 6.45) is 5.14. The van der Waals surface area contributed by atoms with Gasteiger partial charge in [0.05, 0.1) is 0 Å². The molecule has 3 fully saturated rings. The van der Waals surface area contributed by atoms with Crippen molar-refractivity contribution in [3.8, 4) is 5.75 Å². The van der Waals surface area contributed by atoms with Crippen LogP contribution in [0.2, 0.25) is 5.02 Å². The maximum atomic E-state index is 14.5. The number of rotatable bonds is 6. The molecule has 4 aliphatic rings. The molecule has 3 aliphatic heterocycles. The van der Waals surface area contributed by atoms with Gasteiger partial charge in [0, 0.05) is 36.6 Å². The number of carbonyl (C=O) groups is 5. The lowest BCUT2D eigenvalue weighted by atomic mass is 10.00. The van der Waals surface area contributed by atoms with E-state index in [-0.39, 0.29) is 50.1 Å². The number of alkyl carbamates (subject to hydrolysis) is 1. The number of halogens is 2. The van der Waals surface area contributed by atoms with Crippen LogP contribution in [-0.4, -0.2) is 69.3 Å². The first kappa shape index (κ1) is 38.3. The number of amides is 5. The van der Waals surface area contributed by atoms with Crippen molar-refractivity contribution in [3.63, 3.8) is 0 Å². The van der Waals surface area contributed by atoms with Gasteiger partial charge in [-0.1, -0.05) is 55.8 Å². The Labute approximate surface area is 314 Å². The Bertz CT molecular complexity index is 1720. The number of hydroxylamine groups is 1. The Kier molecular flexibility index (Phi) is 11.5. The number of benzene rings is 2. The molecule has 2 saturated heterocycles. The predicted octanol–water partition coefficient (Wildman–Crippen LogP) is 5.55. The molecule has 286 valence electrons. The average Bonchev–Trinajstić information content (AvgIpc) is 3.39. The second-order valence-electron chi connectivity index (χ2n) is 15.8. The SMILES string of the molecule is CC(C)(C)OC(=O)N[C@H]1CCCCCCC[C@@H]2C[C@@]2(C(=O)NOc2ccc(Cl)cc2)NC(=O)[C@@H]2C[C@@H](CC(=O)N3Cc4cccc(F)c4C3)CN2C1=O. The van der Waals surface area contributed by atoms with Gasteiger partial charge >= 0.3 is 6.09 Å². The molecule has 0 bridgehead atoms. The molecule has 0 radical (unpaired) electrons. The standard InChI is InChI=1S/C39H49ClFN5O7/c1-38(2,3)52-37(51)42-31-13-8-6-4-5-7-11-26-20-39(26,36(50)44-53-28-16-14-27(40)15-17-28)43-34(48)32-18-24(21-46(32)35(31)49)19-33(47)45-22-25-10-9-12-30(41)29(25)23-45/h9-10,12,14-17,24,26,31-32H,4-8,11,13,18-23H2,1-3H3,(H,42,51)(H,43,48)(H,44,50)/t24-,26+,31-,32-,39+/m0/s1. The van der Waals surface area contributed by atoms with E-state index in [0.29, 0.717) is 35.6 Å². The number of nitrogens with one attached hydrogen (secondary N) is 3. The fourth-order valence-corrected chi connectivity index (χ4v) is 7.97. The molecule has 6 rings (SSSR count). The van der Waals surface area contributed by atoms with Gasteiger partial charge in [-0.25, -0.2) is 9.18 Å². The number of ether oxygens (including phenoxy) is 1. The number of fused-ring (bicyclic) bond motifs is 3. The fourth-order valence-electron chi connectivity index (χ4n) is 7.84. The average molecular weight is 754 g/mol. The molecule has 1 saturated carbocycles. The summed E-state index contributed by atoms with van der Waals surface area (Å²) in [5.74, 6) is -2.19. The molecule has 5 atom stereocenters. The van der Waals surface area contributed by atoms with Crippen LogP contribution in [0.25, 0.3) is 0 Å². The van der Waals surface area contributed by atoms with Crippen molar-refractivity contribution in [1.29, 1.82) is 0 Å². The van der Waals surface area contributed by atoms with Crippen molar-refractivity contribution in [3.05, 3.63) is 64.4 Å². The molecule has 3 heterocycles. The summed E-state index contributed by atoms with van der Waals surface area (Å²) in [6, 6.07) is 9.32. The van der Waals surface area contributed by atoms with E-state index in [0.717, 1.165) is 37.7 Å². The largest absolute Gasteiger partial charge is 0.444 e. The van der Waals surface area contributed by atoms with Crippen LogP contribution in [0.4, 0.5) is 9.18 Å². The maximum absolute atomic E-state index is 14.5. The highest BCUT2D eigenvalue weighted by molar-refractivity contribution is 6.30. The lowest BCUT2D eigenvalue weighted by Gasteiger charge is -2.30. The van der Waals surface area contributed by atoms with Gasteiger partial charge in [0.25, 0.3) is 5.91 Å². The lowest BCUT2D eigenvalue weighted by Crippen LogP contribution is -2.58. The highest BCUT2D eigenvalue weighted by Gasteiger charge is 2.62. The quantitative estimate of drug-likeness (QED) is 0.328. The van der Waals surface area contributed by atoms with Crippen LogP contribution in [0.3, 0.4) is 0 Å². The third-order valence-electron chi connectivity index (χ3n) is 10.7. The molecule has 0 aromatic heterocycles. The number of carbonyl (C=O) groups excluding carboxylic acids is 5. The molecule has 12 nitrogen and oxygen atoms in total. The summed E-state index contributed by atoms with van der Waals surface area (Å²) < 4.78 is 20.0. The van der Waals surface area contributed by atoms with E-state index in [2.05, 4.69) is 16.1 Å². The Balaban J connectivity index is 1.23. The Morgan fingerprint density at radius 2 is 1.72 bits per heavy atom. The molecule has 5 amide bonds. The Morgan fingerprint density at radius 1 is 1.00 bits per heavy atom. The van der Waals surface area contributed by atoms with Gasteiger partial charge in [0.1, 0.15) is 29.0 Å². The molecule has 14 heteroatoms. The summed E-state index contributed by atoms with van der Waals surface area (Å²) in [6.45, 7) is 5.73. The maximum Gasteiger partial charge on any atom is 0.408 e. The van der Waals surface area contributed by atoms with Crippen molar-refractivity contribution in [2.45, 2.75) is 121 Å². The van der Waals surface area contributed by atoms with Crippen molar-refractivity contribution < 1.29 is 37.9 Å². The summed E-state index contributed by atoms with van der Waals surface area (Å²) in [7, 11) is 0. The molecular formula is C39H49ClFN5O7. The molecule has 0 unspecified atom stereocenters. The fraction of sp³-hybridized carbons (Fsp3) is 0.564. The van der Waals surface area contributed by atoms with Crippen molar-refractivity contribution in [2.24, 2.45) is 11.8 Å². The normalized spacial score (nSPS) is 26.2. The predicted molar refractivity (Wildman–Crippen MR) is 194 cm³/mol. The highest BCUT2D eigenvalue weighted by atomic mass is 35.5. The molecule has 1 aliphatic carbocycles. The first-order chi connectivity index (χ1) is 25.2. The van der Waals surface area contributed by atoms with Crippen molar-refractivity contribution >= 4 is 41.3 Å².